The molecule has 0 bridgehead atoms. The molecule has 3 aromatic carbocycles. The van der Waals surface area contributed by atoms with E-state index in [1.54, 1.807) is 18.3 Å². The third-order valence-electron chi connectivity index (χ3n) is 3.81. The minimum Gasteiger partial charge on any atom is -0.504 e. The standard InChI is InChI=1S/C19H13NO3/c21-16-10-4-9-15(18(16)22)17-11-20-19(23-17)14-8-3-6-12-5-1-2-7-13(12)14/h1-11,21-22H. The molecule has 112 valence electrons. The minimum atomic E-state index is -0.215. The van der Waals surface area contributed by atoms with E-state index in [1.165, 1.54) is 6.07 Å². The van der Waals surface area contributed by atoms with E-state index in [0.29, 0.717) is 17.2 Å². The number of hydrogen-bond acceptors (Lipinski definition) is 4. The van der Waals surface area contributed by atoms with Gasteiger partial charge in [-0.3, -0.25) is 0 Å². The van der Waals surface area contributed by atoms with Crippen LogP contribution in [0.2, 0.25) is 0 Å². The Morgan fingerprint density at radius 3 is 2.43 bits per heavy atom. The maximum Gasteiger partial charge on any atom is 0.227 e. The zero-order valence-corrected chi connectivity index (χ0v) is 12.1. The lowest BCUT2D eigenvalue weighted by Crippen LogP contribution is -1.80. The lowest BCUT2D eigenvalue weighted by atomic mass is 10.0. The quantitative estimate of drug-likeness (QED) is 0.532. The first-order valence-electron chi connectivity index (χ1n) is 7.19. The fraction of sp³-hybridized carbons (Fsp3) is 0. The molecule has 0 aliphatic heterocycles. The van der Waals surface area contributed by atoms with Gasteiger partial charge in [-0.1, -0.05) is 42.5 Å². The normalized spacial score (nSPS) is 11.0. The molecule has 1 aromatic heterocycles. The van der Waals surface area contributed by atoms with Crippen molar-refractivity contribution >= 4 is 10.8 Å². The molecule has 4 rings (SSSR count). The second kappa shape index (κ2) is 5.18. The van der Waals surface area contributed by atoms with E-state index >= 15 is 0 Å². The van der Waals surface area contributed by atoms with Gasteiger partial charge in [-0.05, 0) is 29.0 Å². The SMILES string of the molecule is Oc1cccc(-c2cnc(-c3cccc4ccccc34)o2)c1O. The van der Waals surface area contributed by atoms with Gasteiger partial charge in [0.15, 0.2) is 17.3 Å². The van der Waals surface area contributed by atoms with Crippen molar-refractivity contribution in [2.75, 3.05) is 0 Å². The van der Waals surface area contributed by atoms with Crippen LogP contribution in [0.1, 0.15) is 0 Å². The summed E-state index contributed by atoms with van der Waals surface area (Å²) in [4.78, 5) is 4.32. The van der Waals surface area contributed by atoms with Crippen LogP contribution < -0.4 is 0 Å². The number of rotatable bonds is 2. The topological polar surface area (TPSA) is 66.5 Å². The van der Waals surface area contributed by atoms with Gasteiger partial charge < -0.3 is 14.6 Å². The maximum absolute atomic E-state index is 9.96. The minimum absolute atomic E-state index is 0.189. The van der Waals surface area contributed by atoms with E-state index < -0.39 is 0 Å². The average molecular weight is 303 g/mol. The zero-order valence-electron chi connectivity index (χ0n) is 12.1. The smallest absolute Gasteiger partial charge is 0.227 e. The van der Waals surface area contributed by atoms with Crippen LogP contribution in [0, 0.1) is 0 Å². The zero-order chi connectivity index (χ0) is 15.8. The Kier molecular flexibility index (Phi) is 3.01. The molecule has 0 aliphatic carbocycles. The number of fused-ring (bicyclic) bond motifs is 1. The highest BCUT2D eigenvalue weighted by Crippen LogP contribution is 2.38. The molecular formula is C19H13NO3. The van der Waals surface area contributed by atoms with Gasteiger partial charge in [-0.25, -0.2) is 4.98 Å². The van der Waals surface area contributed by atoms with Gasteiger partial charge in [0.1, 0.15) is 0 Å². The van der Waals surface area contributed by atoms with Crippen LogP contribution in [0.5, 0.6) is 11.5 Å². The van der Waals surface area contributed by atoms with Crippen LogP contribution in [-0.2, 0) is 0 Å². The first kappa shape index (κ1) is 13.4. The van der Waals surface area contributed by atoms with E-state index in [0.717, 1.165) is 16.3 Å². The van der Waals surface area contributed by atoms with Gasteiger partial charge in [-0.2, -0.15) is 0 Å². The van der Waals surface area contributed by atoms with Gasteiger partial charge in [0, 0.05) is 5.56 Å². The van der Waals surface area contributed by atoms with Crippen molar-refractivity contribution in [2.45, 2.75) is 0 Å². The van der Waals surface area contributed by atoms with Crippen LogP contribution in [0.25, 0.3) is 33.6 Å². The first-order chi connectivity index (χ1) is 11.2. The molecule has 0 unspecified atom stereocenters. The van der Waals surface area contributed by atoms with Crippen LogP contribution in [0.15, 0.2) is 71.3 Å². The number of para-hydroxylation sites is 1. The number of nitrogens with zero attached hydrogens (tertiary/aromatic N) is 1. The van der Waals surface area contributed by atoms with Crippen molar-refractivity contribution in [3.05, 3.63) is 66.9 Å². The lowest BCUT2D eigenvalue weighted by Gasteiger charge is -2.04. The fourth-order valence-corrected chi connectivity index (χ4v) is 2.67. The van der Waals surface area contributed by atoms with Gasteiger partial charge in [0.2, 0.25) is 5.89 Å². The molecule has 0 amide bonds. The predicted octanol–water partition coefficient (Wildman–Crippen LogP) is 4.57. The van der Waals surface area contributed by atoms with Crippen LogP contribution >= 0.6 is 0 Å². The number of benzene rings is 3. The van der Waals surface area contributed by atoms with E-state index in [1.807, 2.05) is 42.5 Å². The van der Waals surface area contributed by atoms with Crippen molar-refractivity contribution < 1.29 is 14.6 Å². The lowest BCUT2D eigenvalue weighted by molar-refractivity contribution is 0.404. The molecule has 0 radical (unpaired) electrons. The van der Waals surface area contributed by atoms with Crippen molar-refractivity contribution in [1.82, 2.24) is 4.98 Å². The summed E-state index contributed by atoms with van der Waals surface area (Å²) >= 11 is 0. The summed E-state index contributed by atoms with van der Waals surface area (Å²) in [7, 11) is 0. The molecule has 0 saturated carbocycles. The summed E-state index contributed by atoms with van der Waals surface area (Å²) in [6, 6.07) is 18.7. The second-order valence-corrected chi connectivity index (χ2v) is 5.23. The molecular weight excluding hydrogens is 290 g/mol. The van der Waals surface area contributed by atoms with E-state index in [4.69, 9.17) is 4.42 Å². The van der Waals surface area contributed by atoms with E-state index in [2.05, 4.69) is 4.98 Å². The van der Waals surface area contributed by atoms with Gasteiger partial charge in [-0.15, -0.1) is 0 Å². The maximum atomic E-state index is 9.96. The Labute approximate surface area is 132 Å². The third kappa shape index (κ3) is 2.21. The molecule has 4 heteroatoms. The number of oxazole rings is 1. The van der Waals surface area contributed by atoms with Gasteiger partial charge in [0.05, 0.1) is 11.8 Å². The van der Waals surface area contributed by atoms with Crippen LogP contribution in [0.4, 0.5) is 0 Å². The average Bonchev–Trinajstić information content (AvgIpc) is 3.06. The Hall–Kier alpha value is -3.27. The van der Waals surface area contributed by atoms with Crippen molar-refractivity contribution in [1.29, 1.82) is 0 Å². The third-order valence-corrected chi connectivity index (χ3v) is 3.81. The summed E-state index contributed by atoms with van der Waals surface area (Å²) in [6.07, 6.45) is 1.55. The number of aromatic nitrogens is 1. The second-order valence-electron chi connectivity index (χ2n) is 5.23. The van der Waals surface area contributed by atoms with Crippen LogP contribution in [-0.4, -0.2) is 15.2 Å². The van der Waals surface area contributed by atoms with Gasteiger partial charge >= 0.3 is 0 Å². The molecule has 0 saturated heterocycles. The molecule has 2 N–H and O–H groups in total. The largest absolute Gasteiger partial charge is 0.504 e. The number of hydrogen-bond donors (Lipinski definition) is 2. The first-order valence-corrected chi connectivity index (χ1v) is 7.19. The summed E-state index contributed by atoms with van der Waals surface area (Å²) in [5.74, 6) is 0.472. The number of phenolic OH excluding ortho intramolecular Hbond substituents is 2. The Morgan fingerprint density at radius 1 is 0.783 bits per heavy atom. The molecule has 0 fully saturated rings. The molecule has 4 nitrogen and oxygen atoms in total. The Bertz CT molecular complexity index is 999. The summed E-state index contributed by atoms with van der Waals surface area (Å²) in [6.45, 7) is 0. The monoisotopic (exact) mass is 303 g/mol. The Balaban J connectivity index is 1.86. The molecule has 0 atom stereocenters. The van der Waals surface area contributed by atoms with Crippen molar-refractivity contribution in [3.63, 3.8) is 0 Å². The molecule has 0 aliphatic rings. The Morgan fingerprint density at radius 2 is 1.52 bits per heavy atom. The molecule has 0 spiro atoms. The highest BCUT2D eigenvalue weighted by atomic mass is 16.4. The highest BCUT2D eigenvalue weighted by molar-refractivity contribution is 5.94. The molecule has 23 heavy (non-hydrogen) atoms. The van der Waals surface area contributed by atoms with Crippen LogP contribution in [0.3, 0.4) is 0 Å². The fourth-order valence-electron chi connectivity index (χ4n) is 2.67. The predicted molar refractivity (Wildman–Crippen MR) is 88.2 cm³/mol. The molecule has 4 aromatic rings. The van der Waals surface area contributed by atoms with Crippen molar-refractivity contribution in [3.8, 4) is 34.3 Å². The van der Waals surface area contributed by atoms with E-state index in [9.17, 15) is 10.2 Å². The van der Waals surface area contributed by atoms with E-state index in [-0.39, 0.29) is 11.5 Å². The summed E-state index contributed by atoms with van der Waals surface area (Å²) < 4.78 is 5.82. The summed E-state index contributed by atoms with van der Waals surface area (Å²) in [5.41, 5.74) is 1.29. The summed E-state index contributed by atoms with van der Waals surface area (Å²) in [5, 5.41) is 21.7. The highest BCUT2D eigenvalue weighted by Gasteiger charge is 2.15. The van der Waals surface area contributed by atoms with Gasteiger partial charge in [0.25, 0.3) is 0 Å². The van der Waals surface area contributed by atoms with Crippen molar-refractivity contribution in [2.24, 2.45) is 0 Å². The number of phenols is 2. The molecule has 1 heterocycles. The number of aromatic hydroxyl groups is 2.